The number of amides is 1. The van der Waals surface area contributed by atoms with E-state index in [2.05, 4.69) is 15.3 Å². The third-order valence-electron chi connectivity index (χ3n) is 3.38. The molecule has 3 heterocycles. The lowest BCUT2D eigenvalue weighted by molar-refractivity contribution is -0.141. The van der Waals surface area contributed by atoms with Crippen LogP contribution in [-0.4, -0.2) is 39.8 Å². The van der Waals surface area contributed by atoms with E-state index < -0.39 is 6.10 Å². The van der Waals surface area contributed by atoms with E-state index >= 15 is 0 Å². The van der Waals surface area contributed by atoms with E-state index in [1.54, 1.807) is 13.1 Å². The summed E-state index contributed by atoms with van der Waals surface area (Å²) in [6.45, 7) is 2.18. The van der Waals surface area contributed by atoms with Crippen molar-refractivity contribution in [3.05, 3.63) is 33.1 Å². The van der Waals surface area contributed by atoms with Crippen molar-refractivity contribution in [1.82, 2.24) is 15.0 Å². The summed E-state index contributed by atoms with van der Waals surface area (Å²) in [5.74, 6) is 0.850. The molecule has 3 rings (SSSR count). The quantitative estimate of drug-likeness (QED) is 0.824. The van der Waals surface area contributed by atoms with E-state index in [-0.39, 0.29) is 12.5 Å². The number of likely N-dealkylation sites (N-methyl/N-ethyl adjacent to an activating group) is 1. The fourth-order valence-electron chi connectivity index (χ4n) is 2.15. The lowest BCUT2D eigenvalue weighted by atomic mass is 10.1. The number of aryl methyl sites for hydroxylation is 1. The summed E-state index contributed by atoms with van der Waals surface area (Å²) in [5.41, 5.74) is 0.736. The van der Waals surface area contributed by atoms with Crippen LogP contribution in [0.25, 0.3) is 0 Å². The standard InChI is InChI=1S/C14H15ClN4O3S/c1-3-12-16-13(22-18-12)7-19(2)14(20)9-6-8(17-21-9)10-4-5-11(15)23-10/h4-5,9H,3,6-7H2,1-2H3. The second-order valence-corrected chi connectivity index (χ2v) is 6.81. The molecule has 1 unspecified atom stereocenters. The Morgan fingerprint density at radius 1 is 1.52 bits per heavy atom. The van der Waals surface area contributed by atoms with Crippen molar-refractivity contribution in [2.75, 3.05) is 7.05 Å². The molecule has 0 fully saturated rings. The van der Waals surface area contributed by atoms with E-state index in [0.29, 0.717) is 28.9 Å². The summed E-state index contributed by atoms with van der Waals surface area (Å²) in [7, 11) is 1.67. The van der Waals surface area contributed by atoms with Gasteiger partial charge in [0.25, 0.3) is 5.91 Å². The largest absolute Gasteiger partial charge is 0.382 e. The predicted octanol–water partition coefficient (Wildman–Crippen LogP) is 2.50. The molecule has 23 heavy (non-hydrogen) atoms. The molecule has 122 valence electrons. The summed E-state index contributed by atoms with van der Waals surface area (Å²) in [6.07, 6.45) is 0.474. The zero-order chi connectivity index (χ0) is 16.4. The minimum absolute atomic E-state index is 0.178. The monoisotopic (exact) mass is 354 g/mol. The van der Waals surface area contributed by atoms with Crippen LogP contribution in [0.2, 0.25) is 4.34 Å². The molecule has 1 amide bonds. The summed E-state index contributed by atoms with van der Waals surface area (Å²) in [6, 6.07) is 3.67. The normalized spacial score (nSPS) is 17.0. The molecule has 0 aliphatic carbocycles. The van der Waals surface area contributed by atoms with Crippen LogP contribution >= 0.6 is 22.9 Å². The maximum Gasteiger partial charge on any atom is 0.267 e. The zero-order valence-electron chi connectivity index (χ0n) is 12.7. The summed E-state index contributed by atoms with van der Waals surface area (Å²) >= 11 is 7.33. The highest BCUT2D eigenvalue weighted by atomic mass is 35.5. The number of hydrogen-bond donors (Lipinski definition) is 0. The fraction of sp³-hybridized carbons (Fsp3) is 0.429. The average Bonchev–Trinajstić information content (AvgIpc) is 3.25. The van der Waals surface area contributed by atoms with Gasteiger partial charge in [-0.15, -0.1) is 11.3 Å². The number of carbonyl (C=O) groups excluding carboxylic acids is 1. The number of aromatic nitrogens is 2. The van der Waals surface area contributed by atoms with Crippen molar-refractivity contribution < 1.29 is 14.2 Å². The molecule has 1 atom stereocenters. The topological polar surface area (TPSA) is 80.8 Å². The van der Waals surface area contributed by atoms with Gasteiger partial charge in [0, 0.05) is 19.9 Å². The van der Waals surface area contributed by atoms with Crippen LogP contribution in [0.1, 0.15) is 29.9 Å². The SMILES string of the molecule is CCc1noc(CN(C)C(=O)C2CC(c3ccc(Cl)s3)=NO2)n1. The average molecular weight is 355 g/mol. The van der Waals surface area contributed by atoms with E-state index in [0.717, 1.165) is 10.6 Å². The highest BCUT2D eigenvalue weighted by Crippen LogP contribution is 2.26. The molecule has 0 spiro atoms. The molecular formula is C14H15ClN4O3S. The number of carbonyl (C=O) groups is 1. The van der Waals surface area contributed by atoms with Crippen LogP contribution in [0.3, 0.4) is 0 Å². The first-order valence-corrected chi connectivity index (χ1v) is 8.31. The first kappa shape index (κ1) is 15.9. The molecule has 7 nitrogen and oxygen atoms in total. The van der Waals surface area contributed by atoms with Gasteiger partial charge in [-0.1, -0.05) is 28.8 Å². The minimum atomic E-state index is -0.635. The molecule has 0 N–H and O–H groups in total. The predicted molar refractivity (Wildman–Crippen MR) is 85.5 cm³/mol. The zero-order valence-corrected chi connectivity index (χ0v) is 14.2. The van der Waals surface area contributed by atoms with E-state index in [9.17, 15) is 4.79 Å². The van der Waals surface area contributed by atoms with Crippen molar-refractivity contribution in [3.63, 3.8) is 0 Å². The van der Waals surface area contributed by atoms with Crippen LogP contribution in [0.4, 0.5) is 0 Å². The van der Waals surface area contributed by atoms with Gasteiger partial charge in [0.05, 0.1) is 15.8 Å². The van der Waals surface area contributed by atoms with Crippen LogP contribution < -0.4 is 0 Å². The van der Waals surface area contributed by atoms with Gasteiger partial charge < -0.3 is 14.3 Å². The summed E-state index contributed by atoms with van der Waals surface area (Å²) < 4.78 is 5.77. The van der Waals surface area contributed by atoms with E-state index in [1.807, 2.05) is 13.0 Å². The second kappa shape index (κ2) is 6.67. The molecule has 0 bridgehead atoms. The molecule has 1 aliphatic rings. The minimum Gasteiger partial charge on any atom is -0.382 e. The Kier molecular flexibility index (Phi) is 4.63. The van der Waals surface area contributed by atoms with Crippen molar-refractivity contribution >= 4 is 34.6 Å². The van der Waals surface area contributed by atoms with Gasteiger partial charge in [0.2, 0.25) is 12.0 Å². The number of hydrogen-bond acceptors (Lipinski definition) is 7. The van der Waals surface area contributed by atoms with Gasteiger partial charge in [-0.25, -0.2) is 0 Å². The molecule has 9 heteroatoms. The Hall–Kier alpha value is -1.93. The molecule has 0 saturated heterocycles. The highest BCUT2D eigenvalue weighted by molar-refractivity contribution is 7.18. The number of rotatable bonds is 5. The summed E-state index contributed by atoms with van der Waals surface area (Å²) in [4.78, 5) is 24.3. The Labute approximate surface area is 141 Å². The third kappa shape index (κ3) is 3.53. The number of thiophene rings is 1. The molecule has 0 aromatic carbocycles. The van der Waals surface area contributed by atoms with Gasteiger partial charge in [-0.05, 0) is 12.1 Å². The van der Waals surface area contributed by atoms with E-state index in [1.165, 1.54) is 16.2 Å². The maximum absolute atomic E-state index is 12.4. The van der Waals surface area contributed by atoms with Gasteiger partial charge >= 0.3 is 0 Å². The van der Waals surface area contributed by atoms with Crippen molar-refractivity contribution in [2.24, 2.45) is 5.16 Å². The molecule has 2 aromatic rings. The first-order chi connectivity index (χ1) is 11.1. The Morgan fingerprint density at radius 2 is 2.35 bits per heavy atom. The third-order valence-corrected chi connectivity index (χ3v) is 4.66. The lowest BCUT2D eigenvalue weighted by Gasteiger charge is -2.17. The Morgan fingerprint density at radius 3 is 3.00 bits per heavy atom. The van der Waals surface area contributed by atoms with Gasteiger partial charge in [-0.3, -0.25) is 4.79 Å². The van der Waals surface area contributed by atoms with E-state index in [4.69, 9.17) is 21.0 Å². The highest BCUT2D eigenvalue weighted by Gasteiger charge is 2.32. The van der Waals surface area contributed by atoms with Crippen LogP contribution in [0, 0.1) is 0 Å². The number of oxime groups is 1. The number of nitrogens with zero attached hydrogens (tertiary/aromatic N) is 4. The molecule has 1 aliphatic heterocycles. The lowest BCUT2D eigenvalue weighted by Crippen LogP contribution is -2.36. The van der Waals surface area contributed by atoms with Crippen molar-refractivity contribution in [1.29, 1.82) is 0 Å². The fourth-order valence-corrected chi connectivity index (χ4v) is 3.18. The molecule has 0 radical (unpaired) electrons. The van der Waals surface area contributed by atoms with Gasteiger partial charge in [-0.2, -0.15) is 4.98 Å². The molecular weight excluding hydrogens is 340 g/mol. The smallest absolute Gasteiger partial charge is 0.267 e. The Bertz CT molecular complexity index is 742. The summed E-state index contributed by atoms with van der Waals surface area (Å²) in [5, 5.41) is 7.81. The first-order valence-electron chi connectivity index (χ1n) is 7.11. The molecule has 0 saturated carbocycles. The van der Waals surface area contributed by atoms with Gasteiger partial charge in [0.15, 0.2) is 5.82 Å². The Balaban J connectivity index is 1.58. The number of halogens is 1. The van der Waals surface area contributed by atoms with Crippen LogP contribution in [-0.2, 0) is 22.6 Å². The molecule has 2 aromatic heterocycles. The second-order valence-electron chi connectivity index (χ2n) is 5.09. The van der Waals surface area contributed by atoms with Crippen molar-refractivity contribution in [2.45, 2.75) is 32.4 Å². The maximum atomic E-state index is 12.4. The van der Waals surface area contributed by atoms with Crippen molar-refractivity contribution in [3.8, 4) is 0 Å². The van der Waals surface area contributed by atoms with Crippen LogP contribution in [0.15, 0.2) is 21.8 Å². The van der Waals surface area contributed by atoms with Crippen LogP contribution in [0.5, 0.6) is 0 Å². The van der Waals surface area contributed by atoms with Gasteiger partial charge in [0.1, 0.15) is 5.71 Å².